The van der Waals surface area contributed by atoms with Crippen molar-refractivity contribution >= 4 is 16.9 Å². The lowest BCUT2D eigenvalue weighted by molar-refractivity contribution is 1.31. The number of H-pyrrole nitrogens is 1. The second-order valence-electron chi connectivity index (χ2n) is 2.37. The van der Waals surface area contributed by atoms with Crippen LogP contribution in [0, 0.1) is 0 Å². The minimum absolute atomic E-state index is 0.928. The van der Waals surface area contributed by atoms with Crippen molar-refractivity contribution in [2.45, 2.75) is 0 Å². The molecule has 0 radical (unpaired) electrons. The Morgan fingerprint density at radius 3 is 3.18 bits per heavy atom. The predicted octanol–water partition coefficient (Wildman–Crippen LogP) is 1.60. The van der Waals surface area contributed by atoms with Crippen LogP contribution in [0.4, 0.5) is 5.82 Å². The highest BCUT2D eigenvalue weighted by atomic mass is 15.0. The van der Waals surface area contributed by atoms with E-state index < -0.39 is 0 Å². The van der Waals surface area contributed by atoms with Crippen molar-refractivity contribution in [1.29, 1.82) is 0 Å². The zero-order chi connectivity index (χ0) is 7.68. The molecule has 0 aliphatic carbocycles. The van der Waals surface area contributed by atoms with E-state index in [4.69, 9.17) is 0 Å². The number of nitrogens with zero attached hydrogens (tertiary/aromatic N) is 1. The summed E-state index contributed by atoms with van der Waals surface area (Å²) in [6.07, 6.45) is 1.78. The van der Waals surface area contributed by atoms with Crippen LogP contribution in [0.5, 0.6) is 0 Å². The van der Waals surface area contributed by atoms with E-state index in [0.717, 1.165) is 16.9 Å². The fraction of sp³-hybridized carbons (Fsp3) is 0.125. The van der Waals surface area contributed by atoms with Gasteiger partial charge in [-0.25, -0.2) is 4.98 Å². The van der Waals surface area contributed by atoms with E-state index in [1.807, 2.05) is 25.2 Å². The van der Waals surface area contributed by atoms with Gasteiger partial charge >= 0.3 is 0 Å². The molecule has 0 aliphatic rings. The molecule has 0 fully saturated rings. The molecule has 2 rings (SSSR count). The highest BCUT2D eigenvalue weighted by Crippen LogP contribution is 2.14. The van der Waals surface area contributed by atoms with Crippen LogP contribution >= 0.6 is 0 Å². The Bertz CT molecular complexity index is 331. The maximum atomic E-state index is 4.15. The summed E-state index contributed by atoms with van der Waals surface area (Å²) >= 11 is 0. The zero-order valence-corrected chi connectivity index (χ0v) is 6.26. The van der Waals surface area contributed by atoms with Crippen LogP contribution < -0.4 is 5.32 Å². The Labute approximate surface area is 64.5 Å². The molecule has 3 heteroatoms. The van der Waals surface area contributed by atoms with E-state index in [-0.39, 0.29) is 0 Å². The van der Waals surface area contributed by atoms with Gasteiger partial charge in [0.15, 0.2) is 0 Å². The molecule has 0 unspecified atom stereocenters. The van der Waals surface area contributed by atoms with Gasteiger partial charge in [-0.2, -0.15) is 0 Å². The average Bonchev–Trinajstić information content (AvgIpc) is 2.46. The van der Waals surface area contributed by atoms with E-state index in [1.54, 1.807) is 6.20 Å². The lowest BCUT2D eigenvalue weighted by Crippen LogP contribution is -1.85. The largest absolute Gasteiger partial charge is 0.375 e. The van der Waals surface area contributed by atoms with Crippen molar-refractivity contribution < 1.29 is 0 Å². The van der Waals surface area contributed by atoms with Crippen molar-refractivity contribution in [3.05, 3.63) is 24.4 Å². The van der Waals surface area contributed by atoms with Gasteiger partial charge in [0.25, 0.3) is 0 Å². The van der Waals surface area contributed by atoms with Gasteiger partial charge in [0.1, 0.15) is 11.5 Å². The Kier molecular flexibility index (Phi) is 1.28. The topological polar surface area (TPSA) is 40.7 Å². The number of pyridine rings is 1. The summed E-state index contributed by atoms with van der Waals surface area (Å²) in [6.45, 7) is 0. The molecule has 11 heavy (non-hydrogen) atoms. The maximum absolute atomic E-state index is 4.15. The van der Waals surface area contributed by atoms with Crippen molar-refractivity contribution in [3.8, 4) is 0 Å². The van der Waals surface area contributed by atoms with Crippen LogP contribution in [-0.2, 0) is 0 Å². The molecule has 0 bridgehead atoms. The minimum Gasteiger partial charge on any atom is -0.375 e. The summed E-state index contributed by atoms with van der Waals surface area (Å²) in [5.74, 6) is 0.999. The first-order valence-corrected chi connectivity index (χ1v) is 3.51. The fourth-order valence-electron chi connectivity index (χ4n) is 1.09. The monoisotopic (exact) mass is 147 g/mol. The summed E-state index contributed by atoms with van der Waals surface area (Å²) < 4.78 is 0. The van der Waals surface area contributed by atoms with Gasteiger partial charge in [0.2, 0.25) is 0 Å². The molecule has 56 valence electrons. The van der Waals surface area contributed by atoms with E-state index >= 15 is 0 Å². The van der Waals surface area contributed by atoms with E-state index in [0.29, 0.717) is 0 Å². The number of hydrogen-bond donors (Lipinski definition) is 2. The van der Waals surface area contributed by atoms with Gasteiger partial charge in [0, 0.05) is 18.6 Å². The Morgan fingerprint density at radius 2 is 2.45 bits per heavy atom. The second-order valence-corrected chi connectivity index (χ2v) is 2.37. The van der Waals surface area contributed by atoms with Crippen LogP contribution in [0.15, 0.2) is 24.4 Å². The zero-order valence-electron chi connectivity index (χ0n) is 6.26. The molecular formula is C8H9N3. The van der Waals surface area contributed by atoms with Crippen molar-refractivity contribution in [1.82, 2.24) is 9.97 Å². The van der Waals surface area contributed by atoms with E-state index in [1.165, 1.54) is 0 Å². The first kappa shape index (κ1) is 6.22. The molecule has 0 aliphatic heterocycles. The third kappa shape index (κ3) is 0.941. The molecule has 2 aromatic rings. The molecule has 0 atom stereocenters. The van der Waals surface area contributed by atoms with Crippen molar-refractivity contribution in [3.63, 3.8) is 0 Å². The number of rotatable bonds is 1. The normalized spacial score (nSPS) is 10.3. The van der Waals surface area contributed by atoms with Crippen LogP contribution in [0.1, 0.15) is 0 Å². The number of aromatic amines is 1. The molecule has 2 N–H and O–H groups in total. The summed E-state index contributed by atoms with van der Waals surface area (Å²) in [5, 5.41) is 4.16. The Morgan fingerprint density at radius 1 is 1.55 bits per heavy atom. The maximum Gasteiger partial charge on any atom is 0.138 e. The minimum atomic E-state index is 0.928. The molecule has 2 aromatic heterocycles. The molecule has 0 spiro atoms. The average molecular weight is 147 g/mol. The van der Waals surface area contributed by atoms with Gasteiger partial charge in [-0.1, -0.05) is 0 Å². The van der Waals surface area contributed by atoms with Crippen molar-refractivity contribution in [2.24, 2.45) is 0 Å². The van der Waals surface area contributed by atoms with Gasteiger partial charge in [-0.15, -0.1) is 0 Å². The molecule has 0 aromatic carbocycles. The van der Waals surface area contributed by atoms with Crippen molar-refractivity contribution in [2.75, 3.05) is 12.4 Å². The first-order chi connectivity index (χ1) is 5.40. The summed E-state index contributed by atoms with van der Waals surface area (Å²) in [4.78, 5) is 7.28. The highest BCUT2D eigenvalue weighted by molar-refractivity contribution is 5.80. The Balaban J connectivity index is 2.69. The molecule has 3 nitrogen and oxygen atoms in total. The summed E-state index contributed by atoms with van der Waals surface area (Å²) in [7, 11) is 1.88. The SMILES string of the molecule is CNc1cc2cccnc2[nH]1. The molecule has 0 saturated carbocycles. The molecule has 0 saturated heterocycles. The summed E-state index contributed by atoms with van der Waals surface area (Å²) in [5.41, 5.74) is 0.928. The van der Waals surface area contributed by atoms with Gasteiger partial charge in [0.05, 0.1) is 0 Å². The van der Waals surface area contributed by atoms with Crippen LogP contribution in [0.2, 0.25) is 0 Å². The molecular weight excluding hydrogens is 138 g/mol. The smallest absolute Gasteiger partial charge is 0.138 e. The second kappa shape index (κ2) is 2.27. The number of fused-ring (bicyclic) bond motifs is 1. The number of aromatic nitrogens is 2. The molecule has 2 heterocycles. The first-order valence-electron chi connectivity index (χ1n) is 3.51. The van der Waals surface area contributed by atoms with Crippen LogP contribution in [0.3, 0.4) is 0 Å². The lowest BCUT2D eigenvalue weighted by Gasteiger charge is -1.88. The van der Waals surface area contributed by atoms with E-state index in [9.17, 15) is 0 Å². The number of anilines is 1. The standard InChI is InChI=1S/C8H9N3/c1-9-7-5-6-3-2-4-10-8(6)11-7/h2-5,9H,1H3,(H,10,11). The highest BCUT2D eigenvalue weighted by Gasteiger charge is 1.96. The number of hydrogen-bond acceptors (Lipinski definition) is 2. The van der Waals surface area contributed by atoms with Crippen LogP contribution in [-0.4, -0.2) is 17.0 Å². The van der Waals surface area contributed by atoms with Gasteiger partial charge in [-0.3, -0.25) is 0 Å². The number of nitrogens with one attached hydrogen (secondary N) is 2. The third-order valence-corrected chi connectivity index (χ3v) is 1.66. The quantitative estimate of drug-likeness (QED) is 0.643. The Hall–Kier alpha value is -1.51. The lowest BCUT2D eigenvalue weighted by atomic mass is 10.3. The van der Waals surface area contributed by atoms with Gasteiger partial charge in [-0.05, 0) is 18.2 Å². The third-order valence-electron chi connectivity index (χ3n) is 1.66. The predicted molar refractivity (Wildman–Crippen MR) is 45.6 cm³/mol. The fourth-order valence-corrected chi connectivity index (χ4v) is 1.09. The van der Waals surface area contributed by atoms with Crippen LogP contribution in [0.25, 0.3) is 11.0 Å². The molecule has 0 amide bonds. The van der Waals surface area contributed by atoms with Gasteiger partial charge < -0.3 is 10.3 Å². The van der Waals surface area contributed by atoms with E-state index in [2.05, 4.69) is 15.3 Å². The summed E-state index contributed by atoms with van der Waals surface area (Å²) in [6, 6.07) is 5.98.